The summed E-state index contributed by atoms with van der Waals surface area (Å²) in [6.45, 7) is 4.75. The minimum atomic E-state index is -0.00424. The summed E-state index contributed by atoms with van der Waals surface area (Å²) in [5.74, 6) is 0.374. The number of carbonyl (C=O) groups excluding carboxylic acids is 1. The lowest BCUT2D eigenvalue weighted by atomic mass is 10.2. The summed E-state index contributed by atoms with van der Waals surface area (Å²) in [5, 5.41) is 4.60. The number of furan rings is 1. The highest BCUT2D eigenvalue weighted by molar-refractivity contribution is 6.34. The minimum Gasteiger partial charge on any atom is -0.451 e. The summed E-state index contributed by atoms with van der Waals surface area (Å²) < 4.78 is 5.51. The van der Waals surface area contributed by atoms with Gasteiger partial charge in [0.15, 0.2) is 17.1 Å². The van der Waals surface area contributed by atoms with Gasteiger partial charge in [-0.3, -0.25) is 4.79 Å². The molecule has 0 aliphatic carbocycles. The molecule has 0 fully saturated rings. The molecule has 96 valence electrons. The number of Topliss-reactive ketones (excluding diaryl/α,β-unsaturated/α-hetero) is 1. The third-order valence-electron chi connectivity index (χ3n) is 2.68. The predicted octanol–water partition coefficient (Wildman–Crippen LogP) is 3.66. The largest absolute Gasteiger partial charge is 0.451 e. The first-order valence-corrected chi connectivity index (χ1v) is 6.40. The molecule has 3 nitrogen and oxygen atoms in total. The van der Waals surface area contributed by atoms with Gasteiger partial charge in [0.1, 0.15) is 0 Å². The summed E-state index contributed by atoms with van der Waals surface area (Å²) in [7, 11) is 0. The Morgan fingerprint density at radius 3 is 2.89 bits per heavy atom. The third-order valence-corrected chi connectivity index (χ3v) is 2.97. The molecule has 0 atom stereocenters. The second kappa shape index (κ2) is 5.55. The van der Waals surface area contributed by atoms with Crippen molar-refractivity contribution in [2.75, 3.05) is 6.54 Å². The van der Waals surface area contributed by atoms with Crippen LogP contribution in [0.15, 0.2) is 28.7 Å². The highest BCUT2D eigenvalue weighted by Gasteiger charge is 2.13. The van der Waals surface area contributed by atoms with Gasteiger partial charge in [-0.2, -0.15) is 0 Å². The highest BCUT2D eigenvalue weighted by atomic mass is 35.5. The van der Waals surface area contributed by atoms with Crippen molar-refractivity contribution in [3.05, 3.63) is 35.0 Å². The lowest BCUT2D eigenvalue weighted by molar-refractivity contribution is 0.0957. The Morgan fingerprint density at radius 1 is 1.44 bits per heavy atom. The van der Waals surface area contributed by atoms with Crippen molar-refractivity contribution in [3.63, 3.8) is 0 Å². The van der Waals surface area contributed by atoms with Crippen LogP contribution in [-0.4, -0.2) is 18.4 Å². The molecule has 0 bridgehead atoms. The van der Waals surface area contributed by atoms with E-state index in [0.717, 1.165) is 5.39 Å². The molecule has 2 rings (SSSR count). The van der Waals surface area contributed by atoms with Gasteiger partial charge in [-0.05, 0) is 12.1 Å². The number of nitrogens with one attached hydrogen (secondary N) is 1. The smallest absolute Gasteiger partial charge is 0.199 e. The molecule has 1 aromatic heterocycles. The first kappa shape index (κ1) is 13.1. The maximum absolute atomic E-state index is 11.9. The van der Waals surface area contributed by atoms with E-state index in [2.05, 4.69) is 5.32 Å². The minimum absolute atomic E-state index is 0.00424. The van der Waals surface area contributed by atoms with Crippen LogP contribution in [0.3, 0.4) is 0 Å². The van der Waals surface area contributed by atoms with Crippen LogP contribution in [-0.2, 0) is 0 Å². The van der Waals surface area contributed by atoms with Gasteiger partial charge >= 0.3 is 0 Å². The molecule has 0 unspecified atom stereocenters. The zero-order valence-corrected chi connectivity index (χ0v) is 11.3. The second-order valence-electron chi connectivity index (χ2n) is 4.55. The zero-order valence-electron chi connectivity index (χ0n) is 10.5. The van der Waals surface area contributed by atoms with Crippen LogP contribution in [0.5, 0.6) is 0 Å². The van der Waals surface area contributed by atoms with Gasteiger partial charge in [-0.25, -0.2) is 0 Å². The van der Waals surface area contributed by atoms with Crippen molar-refractivity contribution in [1.29, 1.82) is 0 Å². The zero-order chi connectivity index (χ0) is 13.1. The van der Waals surface area contributed by atoms with E-state index in [4.69, 9.17) is 16.0 Å². The summed E-state index contributed by atoms with van der Waals surface area (Å²) in [4.78, 5) is 11.9. The molecule has 1 aromatic carbocycles. The van der Waals surface area contributed by atoms with Crippen LogP contribution in [0.25, 0.3) is 11.0 Å². The number of rotatable bonds is 5. The van der Waals surface area contributed by atoms with E-state index < -0.39 is 0 Å². The fourth-order valence-corrected chi connectivity index (χ4v) is 1.98. The van der Waals surface area contributed by atoms with Crippen molar-refractivity contribution >= 4 is 28.4 Å². The normalized spacial score (nSPS) is 11.3. The molecule has 18 heavy (non-hydrogen) atoms. The van der Waals surface area contributed by atoms with E-state index in [9.17, 15) is 4.79 Å². The third kappa shape index (κ3) is 2.92. The number of halogens is 1. The average Bonchev–Trinajstić information content (AvgIpc) is 2.74. The fourth-order valence-electron chi connectivity index (χ4n) is 1.76. The molecule has 1 heterocycles. The van der Waals surface area contributed by atoms with Crippen LogP contribution in [0.1, 0.15) is 30.8 Å². The Kier molecular flexibility index (Phi) is 4.04. The molecule has 0 radical (unpaired) electrons. The Bertz CT molecular complexity index is 560. The van der Waals surface area contributed by atoms with E-state index in [-0.39, 0.29) is 5.78 Å². The van der Waals surface area contributed by atoms with Gasteiger partial charge in [0, 0.05) is 24.4 Å². The second-order valence-corrected chi connectivity index (χ2v) is 4.96. The summed E-state index contributed by atoms with van der Waals surface area (Å²) >= 11 is 6.00. The van der Waals surface area contributed by atoms with Crippen LogP contribution >= 0.6 is 11.6 Å². The number of hydrogen-bond acceptors (Lipinski definition) is 3. The molecule has 2 aromatic rings. The van der Waals surface area contributed by atoms with Gasteiger partial charge in [-0.1, -0.05) is 37.6 Å². The highest BCUT2D eigenvalue weighted by Crippen LogP contribution is 2.26. The standard InChI is InChI=1S/C14H16ClNO2/c1-9(2)16-7-6-12(17)13-8-10-4-3-5-11(15)14(10)18-13/h3-5,8-9,16H,6-7H2,1-2H3. The molecule has 0 aliphatic rings. The Labute approximate surface area is 111 Å². The maximum atomic E-state index is 11.9. The molecule has 0 spiro atoms. The number of benzene rings is 1. The molecule has 0 saturated heterocycles. The van der Waals surface area contributed by atoms with Crippen LogP contribution in [0.2, 0.25) is 5.02 Å². The van der Waals surface area contributed by atoms with Crippen LogP contribution in [0, 0.1) is 0 Å². The van der Waals surface area contributed by atoms with Gasteiger partial charge in [0.2, 0.25) is 0 Å². The molecule has 1 N–H and O–H groups in total. The Hall–Kier alpha value is -1.32. The SMILES string of the molecule is CC(C)NCCC(=O)c1cc2cccc(Cl)c2o1. The topological polar surface area (TPSA) is 42.2 Å². The van der Waals surface area contributed by atoms with Crippen molar-refractivity contribution in [3.8, 4) is 0 Å². The molecule has 4 heteroatoms. The monoisotopic (exact) mass is 265 g/mol. The Balaban J connectivity index is 2.11. The molecule has 0 aliphatic heterocycles. The number of carbonyl (C=O) groups is 1. The summed E-state index contributed by atoms with van der Waals surface area (Å²) in [5.41, 5.74) is 0.583. The average molecular weight is 266 g/mol. The van der Waals surface area contributed by atoms with E-state index in [0.29, 0.717) is 35.4 Å². The molecule has 0 saturated carbocycles. The van der Waals surface area contributed by atoms with Crippen LogP contribution < -0.4 is 5.32 Å². The first-order chi connectivity index (χ1) is 8.58. The van der Waals surface area contributed by atoms with Crippen molar-refractivity contribution < 1.29 is 9.21 Å². The van der Waals surface area contributed by atoms with Gasteiger partial charge in [0.05, 0.1) is 5.02 Å². The molecule has 0 amide bonds. The number of ketones is 1. The molecular weight excluding hydrogens is 250 g/mol. The van der Waals surface area contributed by atoms with E-state index in [1.54, 1.807) is 12.1 Å². The van der Waals surface area contributed by atoms with Crippen molar-refractivity contribution in [2.24, 2.45) is 0 Å². The first-order valence-electron chi connectivity index (χ1n) is 6.02. The number of hydrogen-bond donors (Lipinski definition) is 1. The summed E-state index contributed by atoms with van der Waals surface area (Å²) in [6, 6.07) is 7.60. The fraction of sp³-hybridized carbons (Fsp3) is 0.357. The quantitative estimate of drug-likeness (QED) is 0.839. The summed E-state index contributed by atoms with van der Waals surface area (Å²) in [6.07, 6.45) is 0.426. The Morgan fingerprint density at radius 2 is 2.22 bits per heavy atom. The number of fused-ring (bicyclic) bond motifs is 1. The number of para-hydroxylation sites is 1. The van der Waals surface area contributed by atoms with E-state index >= 15 is 0 Å². The van der Waals surface area contributed by atoms with Crippen molar-refractivity contribution in [1.82, 2.24) is 5.32 Å². The predicted molar refractivity (Wildman–Crippen MR) is 73.3 cm³/mol. The van der Waals surface area contributed by atoms with Gasteiger partial charge in [0.25, 0.3) is 0 Å². The van der Waals surface area contributed by atoms with Gasteiger partial charge in [-0.15, -0.1) is 0 Å². The van der Waals surface area contributed by atoms with Crippen molar-refractivity contribution in [2.45, 2.75) is 26.3 Å². The maximum Gasteiger partial charge on any atom is 0.199 e. The van der Waals surface area contributed by atoms with Crippen LogP contribution in [0.4, 0.5) is 0 Å². The van der Waals surface area contributed by atoms with Gasteiger partial charge < -0.3 is 9.73 Å². The molecular formula is C14H16ClNO2. The van der Waals surface area contributed by atoms with E-state index in [1.807, 2.05) is 26.0 Å². The van der Waals surface area contributed by atoms with E-state index in [1.165, 1.54) is 0 Å². The lowest BCUT2D eigenvalue weighted by Crippen LogP contribution is -2.25. The lowest BCUT2D eigenvalue weighted by Gasteiger charge is -2.05.